The first-order valence-corrected chi connectivity index (χ1v) is 9.87. The van der Waals surface area contributed by atoms with Crippen molar-refractivity contribution in [2.75, 3.05) is 6.54 Å². The van der Waals surface area contributed by atoms with E-state index in [1.165, 1.54) is 12.4 Å². The number of carbonyl (C=O) groups is 2. The number of carbonyl (C=O) groups excluding carboxylic acids is 2. The Bertz CT molecular complexity index is 891. The molecule has 1 fully saturated rings. The third kappa shape index (κ3) is 4.31. The minimum Gasteiger partial charge on any atom is -0.347 e. The molecule has 2 amide bonds. The van der Waals surface area contributed by atoms with Gasteiger partial charge in [0.15, 0.2) is 0 Å². The van der Waals surface area contributed by atoms with Crippen molar-refractivity contribution in [2.24, 2.45) is 0 Å². The molecule has 3 rings (SSSR count). The van der Waals surface area contributed by atoms with Gasteiger partial charge in [0.1, 0.15) is 18.2 Å². The van der Waals surface area contributed by atoms with Crippen LogP contribution in [0.2, 0.25) is 10.0 Å². The molecule has 1 aliphatic heterocycles. The zero-order valence-corrected chi connectivity index (χ0v) is 17.6. The summed E-state index contributed by atoms with van der Waals surface area (Å²) in [7, 11) is 0. The maximum Gasteiger partial charge on any atom is 0.256 e. The number of nitrogens with one attached hydrogen (secondary N) is 1. The Morgan fingerprint density at radius 3 is 2.75 bits per heavy atom. The highest BCUT2D eigenvalue weighted by Gasteiger charge is 2.35. The number of nitrogens with zero attached hydrogens (tertiary/aromatic N) is 4. The molecule has 1 unspecified atom stereocenters. The van der Waals surface area contributed by atoms with Gasteiger partial charge in [0, 0.05) is 11.6 Å². The predicted octanol–water partition coefficient (Wildman–Crippen LogP) is 3.26. The Hall–Kier alpha value is -2.12. The fraction of sp³-hybridized carbons (Fsp3) is 0.474. The van der Waals surface area contributed by atoms with Crippen LogP contribution >= 0.6 is 23.2 Å². The van der Waals surface area contributed by atoms with E-state index in [0.29, 0.717) is 34.4 Å². The van der Waals surface area contributed by atoms with E-state index in [0.717, 1.165) is 6.42 Å². The van der Waals surface area contributed by atoms with Crippen molar-refractivity contribution < 1.29 is 9.59 Å². The van der Waals surface area contributed by atoms with Gasteiger partial charge in [-0.25, -0.2) is 9.67 Å². The predicted molar refractivity (Wildman–Crippen MR) is 107 cm³/mol. The molecule has 150 valence electrons. The second-order valence-corrected chi connectivity index (χ2v) is 8.60. The summed E-state index contributed by atoms with van der Waals surface area (Å²) in [5.74, 6) is 0.157. The Labute approximate surface area is 174 Å². The quantitative estimate of drug-likeness (QED) is 0.817. The van der Waals surface area contributed by atoms with Crippen LogP contribution in [-0.4, -0.2) is 44.1 Å². The van der Waals surface area contributed by atoms with Crippen LogP contribution in [0.5, 0.6) is 0 Å². The van der Waals surface area contributed by atoms with E-state index >= 15 is 0 Å². The summed E-state index contributed by atoms with van der Waals surface area (Å²) in [6.45, 7) is 6.78. The second kappa shape index (κ2) is 8.09. The van der Waals surface area contributed by atoms with Crippen LogP contribution in [0.4, 0.5) is 0 Å². The van der Waals surface area contributed by atoms with E-state index in [-0.39, 0.29) is 23.9 Å². The number of amides is 2. The number of hydrogen-bond acceptors (Lipinski definition) is 4. The summed E-state index contributed by atoms with van der Waals surface area (Å²) in [4.78, 5) is 31.5. The van der Waals surface area contributed by atoms with Crippen LogP contribution in [0.15, 0.2) is 24.5 Å². The molecule has 0 bridgehead atoms. The molecule has 7 nitrogen and oxygen atoms in total. The number of hydrogen-bond donors (Lipinski definition) is 1. The summed E-state index contributed by atoms with van der Waals surface area (Å²) in [5.41, 5.74) is 0.0660. The lowest BCUT2D eigenvalue weighted by atomic mass is 10.1. The fourth-order valence-electron chi connectivity index (χ4n) is 3.33. The highest BCUT2D eigenvalue weighted by Crippen LogP contribution is 2.26. The number of halogens is 2. The smallest absolute Gasteiger partial charge is 0.256 e. The van der Waals surface area contributed by atoms with E-state index in [1.807, 2.05) is 20.8 Å². The molecule has 0 radical (unpaired) electrons. The largest absolute Gasteiger partial charge is 0.347 e. The molecule has 1 saturated heterocycles. The van der Waals surface area contributed by atoms with Gasteiger partial charge in [0.25, 0.3) is 5.91 Å². The number of benzene rings is 1. The summed E-state index contributed by atoms with van der Waals surface area (Å²) in [6, 6.07) is 4.20. The first-order valence-electron chi connectivity index (χ1n) is 9.11. The van der Waals surface area contributed by atoms with E-state index in [2.05, 4.69) is 15.4 Å². The van der Waals surface area contributed by atoms with Crippen LogP contribution in [0.25, 0.3) is 0 Å². The third-order valence-electron chi connectivity index (χ3n) is 4.65. The van der Waals surface area contributed by atoms with Gasteiger partial charge in [-0.1, -0.05) is 23.2 Å². The van der Waals surface area contributed by atoms with Crippen molar-refractivity contribution >= 4 is 35.0 Å². The maximum atomic E-state index is 12.9. The molecule has 9 heteroatoms. The molecule has 0 saturated carbocycles. The van der Waals surface area contributed by atoms with Gasteiger partial charge in [-0.15, -0.1) is 0 Å². The topological polar surface area (TPSA) is 80.1 Å². The molecular weight excluding hydrogens is 401 g/mol. The standard InChI is InChI=1S/C19H23Cl2N5O2/c1-19(2,3)26-16(23-11-24-26)10-22-17(27)15-5-4-8-25(15)18(28)13-9-12(20)6-7-14(13)21/h6-7,9,11,15H,4-5,8,10H2,1-3H3,(H,22,27). The SMILES string of the molecule is CC(C)(C)n1ncnc1CNC(=O)C1CCCN1C(=O)c1cc(Cl)ccc1Cl. The van der Waals surface area contributed by atoms with Gasteiger partial charge in [0.2, 0.25) is 5.91 Å². The van der Waals surface area contributed by atoms with Gasteiger partial charge >= 0.3 is 0 Å². The van der Waals surface area contributed by atoms with Gasteiger partial charge < -0.3 is 10.2 Å². The summed E-state index contributed by atoms with van der Waals surface area (Å²) in [5, 5.41) is 7.86. The Morgan fingerprint density at radius 1 is 1.29 bits per heavy atom. The average molecular weight is 424 g/mol. The van der Waals surface area contributed by atoms with Crippen molar-refractivity contribution in [3.8, 4) is 0 Å². The molecule has 1 aromatic heterocycles. The molecule has 0 spiro atoms. The first-order chi connectivity index (χ1) is 13.2. The third-order valence-corrected chi connectivity index (χ3v) is 5.21. The van der Waals surface area contributed by atoms with Crippen molar-refractivity contribution in [1.29, 1.82) is 0 Å². The maximum absolute atomic E-state index is 12.9. The van der Waals surface area contributed by atoms with Crippen LogP contribution in [0.1, 0.15) is 49.8 Å². The molecule has 2 aromatic rings. The monoisotopic (exact) mass is 423 g/mol. The van der Waals surface area contributed by atoms with E-state index < -0.39 is 6.04 Å². The normalized spacial score (nSPS) is 17.0. The zero-order chi connectivity index (χ0) is 20.5. The van der Waals surface area contributed by atoms with Gasteiger partial charge in [0.05, 0.1) is 22.7 Å². The van der Waals surface area contributed by atoms with E-state index in [4.69, 9.17) is 23.2 Å². The first kappa shape index (κ1) is 20.6. The molecule has 0 aliphatic carbocycles. The average Bonchev–Trinajstić information content (AvgIpc) is 3.30. The summed E-state index contributed by atoms with van der Waals surface area (Å²) in [6.07, 6.45) is 2.82. The number of aromatic nitrogens is 3. The minimum atomic E-state index is -0.548. The molecular formula is C19H23Cl2N5O2. The molecule has 1 N–H and O–H groups in total. The van der Waals surface area contributed by atoms with Crippen molar-refractivity contribution in [3.63, 3.8) is 0 Å². The fourth-order valence-corrected chi connectivity index (χ4v) is 3.70. The molecule has 28 heavy (non-hydrogen) atoms. The minimum absolute atomic E-state index is 0.215. The van der Waals surface area contributed by atoms with Crippen LogP contribution in [0, 0.1) is 0 Å². The van der Waals surface area contributed by atoms with E-state index in [1.54, 1.807) is 21.7 Å². The zero-order valence-electron chi connectivity index (χ0n) is 16.1. The lowest BCUT2D eigenvalue weighted by Crippen LogP contribution is -2.46. The lowest BCUT2D eigenvalue weighted by Gasteiger charge is -2.25. The molecule has 1 atom stereocenters. The second-order valence-electron chi connectivity index (χ2n) is 7.76. The van der Waals surface area contributed by atoms with Crippen molar-refractivity contribution in [3.05, 3.63) is 46.0 Å². The highest BCUT2D eigenvalue weighted by molar-refractivity contribution is 6.35. The Balaban J connectivity index is 1.71. The van der Waals surface area contributed by atoms with Crippen molar-refractivity contribution in [1.82, 2.24) is 25.0 Å². The molecule has 1 aliphatic rings. The molecule has 2 heterocycles. The summed E-state index contributed by atoms with van der Waals surface area (Å²) >= 11 is 12.2. The van der Waals surface area contributed by atoms with Gasteiger partial charge in [-0.2, -0.15) is 5.10 Å². The number of likely N-dealkylation sites (tertiary alicyclic amines) is 1. The molecule has 1 aromatic carbocycles. The Morgan fingerprint density at radius 2 is 2.04 bits per heavy atom. The summed E-state index contributed by atoms with van der Waals surface area (Å²) < 4.78 is 1.77. The van der Waals surface area contributed by atoms with Crippen LogP contribution < -0.4 is 5.32 Å². The lowest BCUT2D eigenvalue weighted by molar-refractivity contribution is -0.125. The Kier molecular flexibility index (Phi) is 5.95. The van der Waals surface area contributed by atoms with Crippen molar-refractivity contribution in [2.45, 2.75) is 51.7 Å². The highest BCUT2D eigenvalue weighted by atomic mass is 35.5. The van der Waals surface area contributed by atoms with Gasteiger partial charge in [-0.05, 0) is 51.8 Å². The number of rotatable bonds is 4. The van der Waals surface area contributed by atoms with Crippen LogP contribution in [-0.2, 0) is 16.9 Å². The van der Waals surface area contributed by atoms with Gasteiger partial charge in [-0.3, -0.25) is 9.59 Å². The van der Waals surface area contributed by atoms with Crippen LogP contribution in [0.3, 0.4) is 0 Å². The van der Waals surface area contributed by atoms with E-state index in [9.17, 15) is 9.59 Å².